The van der Waals surface area contributed by atoms with Crippen LogP contribution in [0.5, 0.6) is 0 Å². The van der Waals surface area contributed by atoms with Gasteiger partial charge in [-0.25, -0.2) is 0 Å². The summed E-state index contributed by atoms with van der Waals surface area (Å²) in [7, 11) is 0. The smallest absolute Gasteiger partial charge is 0.306 e. The topological polar surface area (TPSA) is 78.9 Å². The SMILES string of the molecule is CC/C=C\C/C=C\C/C=C\C/C=C\CCCCCCCCCCC(=O)OCC(COC(=O)CCCCCCC/C=C\CCCCCCC)OC(=O)CCCCCCCCCCC/C=C\CCCCCCCCCC. The molecule has 0 aromatic rings. The van der Waals surface area contributed by atoms with E-state index in [1.807, 2.05) is 0 Å². The first-order chi connectivity index (χ1) is 36.5. The molecule has 6 heteroatoms. The first-order valence-corrected chi connectivity index (χ1v) is 31.9. The second-order valence-corrected chi connectivity index (χ2v) is 21.3. The first-order valence-electron chi connectivity index (χ1n) is 31.9. The standard InChI is InChI=1S/C68H120O6/c1-4-7-10-13-16-19-22-25-28-30-32-34-36-38-40-43-46-49-52-55-58-61-67(70)73-64-65(63-72-66(69)60-57-54-51-48-45-42-27-24-21-18-15-12-9-6-3)74-68(71)62-59-56-53-50-47-44-41-39-37-35-33-31-29-26-23-20-17-14-11-8-5-2/h7,10,16,19,24-25,27-28,31-34,65H,4-6,8-9,11-15,17-18,20-23,26,29-30,35-64H2,1-3H3/b10-7-,19-16-,27-24-,28-25-,33-31-,34-32-. The Morgan fingerprint density at radius 1 is 0.284 bits per heavy atom. The van der Waals surface area contributed by atoms with Gasteiger partial charge in [0.2, 0.25) is 0 Å². The highest BCUT2D eigenvalue weighted by Gasteiger charge is 2.19. The number of rotatable bonds is 58. The van der Waals surface area contributed by atoms with Crippen LogP contribution in [0.25, 0.3) is 0 Å². The van der Waals surface area contributed by atoms with Crippen molar-refractivity contribution < 1.29 is 28.6 Å². The maximum atomic E-state index is 12.9. The van der Waals surface area contributed by atoms with Crippen LogP contribution in [0.15, 0.2) is 72.9 Å². The summed E-state index contributed by atoms with van der Waals surface area (Å²) in [6.45, 7) is 6.54. The summed E-state index contributed by atoms with van der Waals surface area (Å²) in [4.78, 5) is 38.3. The summed E-state index contributed by atoms with van der Waals surface area (Å²) in [5.74, 6) is -0.885. The van der Waals surface area contributed by atoms with Crippen LogP contribution in [0.3, 0.4) is 0 Å². The lowest BCUT2D eigenvalue weighted by atomic mass is 10.1. The van der Waals surface area contributed by atoms with Gasteiger partial charge in [0, 0.05) is 19.3 Å². The minimum atomic E-state index is -0.784. The average molecular weight is 1030 g/mol. The lowest BCUT2D eigenvalue weighted by Crippen LogP contribution is -2.30. The van der Waals surface area contributed by atoms with Crippen molar-refractivity contribution in [2.45, 2.75) is 329 Å². The van der Waals surface area contributed by atoms with E-state index in [2.05, 4.69) is 93.7 Å². The number of hydrogen-bond donors (Lipinski definition) is 0. The number of esters is 3. The molecule has 0 aromatic carbocycles. The third-order valence-corrected chi connectivity index (χ3v) is 13.9. The summed E-state index contributed by atoms with van der Waals surface area (Å²) in [5, 5.41) is 0. The van der Waals surface area contributed by atoms with E-state index in [0.29, 0.717) is 19.3 Å². The monoisotopic (exact) mass is 1030 g/mol. The minimum Gasteiger partial charge on any atom is -0.462 e. The molecule has 0 saturated heterocycles. The van der Waals surface area contributed by atoms with Gasteiger partial charge in [-0.05, 0) is 109 Å². The van der Waals surface area contributed by atoms with Gasteiger partial charge in [-0.1, -0.05) is 267 Å². The normalized spacial score (nSPS) is 12.5. The quantitative estimate of drug-likeness (QED) is 0.0261. The van der Waals surface area contributed by atoms with Crippen molar-refractivity contribution in [1.82, 2.24) is 0 Å². The number of carbonyl (C=O) groups excluding carboxylic acids is 3. The molecule has 0 heterocycles. The summed E-state index contributed by atoms with van der Waals surface area (Å²) < 4.78 is 16.9. The summed E-state index contributed by atoms with van der Waals surface area (Å²) in [5.41, 5.74) is 0. The van der Waals surface area contributed by atoms with Crippen LogP contribution in [0, 0.1) is 0 Å². The van der Waals surface area contributed by atoms with Crippen LogP contribution < -0.4 is 0 Å². The van der Waals surface area contributed by atoms with Gasteiger partial charge in [-0.15, -0.1) is 0 Å². The Balaban J connectivity index is 4.36. The van der Waals surface area contributed by atoms with E-state index in [9.17, 15) is 14.4 Å². The lowest BCUT2D eigenvalue weighted by molar-refractivity contribution is -0.167. The fourth-order valence-corrected chi connectivity index (χ4v) is 9.13. The van der Waals surface area contributed by atoms with E-state index < -0.39 is 6.10 Å². The molecule has 0 aromatic heterocycles. The minimum absolute atomic E-state index is 0.0815. The molecule has 1 unspecified atom stereocenters. The highest BCUT2D eigenvalue weighted by atomic mass is 16.6. The number of carbonyl (C=O) groups is 3. The van der Waals surface area contributed by atoms with Gasteiger partial charge in [0.25, 0.3) is 0 Å². The molecule has 0 aliphatic carbocycles. The van der Waals surface area contributed by atoms with Crippen LogP contribution in [-0.2, 0) is 28.6 Å². The molecule has 0 amide bonds. The zero-order chi connectivity index (χ0) is 53.6. The zero-order valence-electron chi connectivity index (χ0n) is 49.1. The summed E-state index contributed by atoms with van der Waals surface area (Å²) in [6, 6.07) is 0. The maximum Gasteiger partial charge on any atom is 0.306 e. The van der Waals surface area contributed by atoms with Crippen LogP contribution >= 0.6 is 0 Å². The predicted molar refractivity (Wildman–Crippen MR) is 321 cm³/mol. The second kappa shape index (κ2) is 62.4. The number of unbranched alkanes of at least 4 members (excludes halogenated alkanes) is 35. The van der Waals surface area contributed by atoms with Gasteiger partial charge in [-0.2, -0.15) is 0 Å². The van der Waals surface area contributed by atoms with Crippen LogP contribution in [0.1, 0.15) is 323 Å². The highest BCUT2D eigenvalue weighted by Crippen LogP contribution is 2.16. The zero-order valence-corrected chi connectivity index (χ0v) is 49.1. The van der Waals surface area contributed by atoms with Crippen LogP contribution in [0.4, 0.5) is 0 Å². The van der Waals surface area contributed by atoms with Crippen molar-refractivity contribution in [1.29, 1.82) is 0 Å². The van der Waals surface area contributed by atoms with Gasteiger partial charge >= 0.3 is 17.9 Å². The van der Waals surface area contributed by atoms with E-state index in [1.165, 1.54) is 186 Å². The van der Waals surface area contributed by atoms with E-state index in [1.54, 1.807) is 0 Å². The molecule has 0 radical (unpaired) electrons. The van der Waals surface area contributed by atoms with E-state index >= 15 is 0 Å². The Bertz CT molecular complexity index is 1370. The summed E-state index contributed by atoms with van der Waals surface area (Å²) >= 11 is 0. The largest absolute Gasteiger partial charge is 0.462 e. The molecule has 0 spiro atoms. The molecule has 6 nitrogen and oxygen atoms in total. The van der Waals surface area contributed by atoms with Gasteiger partial charge < -0.3 is 14.2 Å². The molecule has 0 fully saturated rings. The Kier molecular flexibility index (Phi) is 59.7. The number of ether oxygens (including phenoxy) is 3. The molecule has 0 aliphatic rings. The Morgan fingerprint density at radius 2 is 0.527 bits per heavy atom. The molecule has 0 aliphatic heterocycles. The van der Waals surface area contributed by atoms with Gasteiger partial charge in [0.05, 0.1) is 0 Å². The molecule has 74 heavy (non-hydrogen) atoms. The van der Waals surface area contributed by atoms with Crippen molar-refractivity contribution in [3.05, 3.63) is 72.9 Å². The summed E-state index contributed by atoms with van der Waals surface area (Å²) in [6.07, 6.45) is 80.4. The van der Waals surface area contributed by atoms with E-state index in [-0.39, 0.29) is 31.1 Å². The molecular formula is C68H120O6. The molecule has 0 rings (SSSR count). The molecule has 0 bridgehead atoms. The van der Waals surface area contributed by atoms with Crippen molar-refractivity contribution >= 4 is 17.9 Å². The fourth-order valence-electron chi connectivity index (χ4n) is 9.13. The van der Waals surface area contributed by atoms with E-state index in [4.69, 9.17) is 14.2 Å². The second-order valence-electron chi connectivity index (χ2n) is 21.3. The van der Waals surface area contributed by atoms with Crippen LogP contribution in [-0.4, -0.2) is 37.2 Å². The molecule has 0 saturated carbocycles. The van der Waals surface area contributed by atoms with Crippen molar-refractivity contribution in [3.8, 4) is 0 Å². The predicted octanol–water partition coefficient (Wildman–Crippen LogP) is 21.7. The average Bonchev–Trinajstić information content (AvgIpc) is 3.40. The third-order valence-electron chi connectivity index (χ3n) is 13.9. The molecular weight excluding hydrogens is 913 g/mol. The highest BCUT2D eigenvalue weighted by molar-refractivity contribution is 5.71. The molecule has 1 atom stereocenters. The van der Waals surface area contributed by atoms with Crippen molar-refractivity contribution in [2.75, 3.05) is 13.2 Å². The van der Waals surface area contributed by atoms with Gasteiger partial charge in [0.15, 0.2) is 6.10 Å². The Labute approximate surface area is 459 Å². The number of allylic oxidation sites excluding steroid dienone is 12. The Morgan fingerprint density at radius 3 is 0.838 bits per heavy atom. The molecule has 428 valence electrons. The fraction of sp³-hybridized carbons (Fsp3) is 0.779. The third kappa shape index (κ3) is 59.7. The van der Waals surface area contributed by atoms with Crippen molar-refractivity contribution in [2.24, 2.45) is 0 Å². The van der Waals surface area contributed by atoms with Crippen LogP contribution in [0.2, 0.25) is 0 Å². The lowest BCUT2D eigenvalue weighted by Gasteiger charge is -2.18. The Hall–Kier alpha value is -3.15. The van der Waals surface area contributed by atoms with Gasteiger partial charge in [0.1, 0.15) is 13.2 Å². The number of hydrogen-bond acceptors (Lipinski definition) is 6. The van der Waals surface area contributed by atoms with E-state index in [0.717, 1.165) is 96.3 Å². The molecule has 0 N–H and O–H groups in total. The van der Waals surface area contributed by atoms with Crippen molar-refractivity contribution in [3.63, 3.8) is 0 Å². The first kappa shape index (κ1) is 70.8. The maximum absolute atomic E-state index is 12.9. The van der Waals surface area contributed by atoms with Gasteiger partial charge in [-0.3, -0.25) is 14.4 Å².